The van der Waals surface area contributed by atoms with Gasteiger partial charge in [-0.2, -0.15) is 0 Å². The standard InChI is InChI=1S/C12H19N/c1-4-10-6-11(5-2)8-12(7-10)9(3)13/h6-9H,4-5,13H2,1-3H3/t9-/m1/s1. The second-order valence-corrected chi connectivity index (χ2v) is 3.58. The van der Waals surface area contributed by atoms with Crippen molar-refractivity contribution >= 4 is 0 Å². The summed E-state index contributed by atoms with van der Waals surface area (Å²) in [6.07, 6.45) is 2.18. The highest BCUT2D eigenvalue weighted by Crippen LogP contribution is 2.16. The smallest absolute Gasteiger partial charge is 0.0266 e. The third-order valence-electron chi connectivity index (χ3n) is 2.42. The Hall–Kier alpha value is -0.820. The zero-order valence-electron chi connectivity index (χ0n) is 8.80. The highest BCUT2D eigenvalue weighted by Gasteiger charge is 2.02. The number of rotatable bonds is 3. The van der Waals surface area contributed by atoms with Crippen molar-refractivity contribution < 1.29 is 0 Å². The molecule has 0 saturated heterocycles. The van der Waals surface area contributed by atoms with Crippen LogP contribution < -0.4 is 5.73 Å². The summed E-state index contributed by atoms with van der Waals surface area (Å²) in [5, 5.41) is 0. The van der Waals surface area contributed by atoms with E-state index < -0.39 is 0 Å². The maximum absolute atomic E-state index is 5.86. The molecule has 0 fully saturated rings. The predicted octanol–water partition coefficient (Wildman–Crippen LogP) is 2.83. The summed E-state index contributed by atoms with van der Waals surface area (Å²) in [4.78, 5) is 0. The van der Waals surface area contributed by atoms with Gasteiger partial charge in [-0.1, -0.05) is 32.0 Å². The fraction of sp³-hybridized carbons (Fsp3) is 0.500. The molecular weight excluding hydrogens is 158 g/mol. The lowest BCUT2D eigenvalue weighted by Gasteiger charge is -2.10. The van der Waals surface area contributed by atoms with Crippen molar-refractivity contribution in [1.82, 2.24) is 0 Å². The van der Waals surface area contributed by atoms with Gasteiger partial charge in [-0.15, -0.1) is 0 Å². The van der Waals surface area contributed by atoms with Crippen LogP contribution in [-0.2, 0) is 12.8 Å². The Balaban J connectivity index is 3.07. The molecule has 1 rings (SSSR count). The van der Waals surface area contributed by atoms with E-state index in [1.54, 1.807) is 0 Å². The zero-order chi connectivity index (χ0) is 9.84. The van der Waals surface area contributed by atoms with Crippen molar-refractivity contribution in [3.05, 3.63) is 34.9 Å². The molecule has 0 aliphatic carbocycles. The Morgan fingerprint density at radius 3 is 1.85 bits per heavy atom. The van der Waals surface area contributed by atoms with E-state index in [1.807, 2.05) is 6.92 Å². The van der Waals surface area contributed by atoms with Crippen LogP contribution in [0.1, 0.15) is 43.5 Å². The van der Waals surface area contributed by atoms with Crippen LogP contribution in [-0.4, -0.2) is 0 Å². The van der Waals surface area contributed by atoms with Crippen molar-refractivity contribution in [2.75, 3.05) is 0 Å². The minimum absolute atomic E-state index is 0.150. The lowest BCUT2D eigenvalue weighted by atomic mass is 9.99. The third kappa shape index (κ3) is 2.56. The molecule has 1 aromatic carbocycles. The van der Waals surface area contributed by atoms with Gasteiger partial charge < -0.3 is 5.73 Å². The highest BCUT2D eigenvalue weighted by atomic mass is 14.6. The Labute approximate surface area is 81.0 Å². The van der Waals surface area contributed by atoms with Gasteiger partial charge >= 0.3 is 0 Å². The van der Waals surface area contributed by atoms with Crippen LogP contribution in [0.4, 0.5) is 0 Å². The maximum Gasteiger partial charge on any atom is 0.0266 e. The van der Waals surface area contributed by atoms with Crippen molar-refractivity contribution in [3.8, 4) is 0 Å². The first-order chi connectivity index (χ1) is 6.17. The molecule has 0 unspecified atom stereocenters. The number of aryl methyl sites for hydroxylation is 2. The zero-order valence-corrected chi connectivity index (χ0v) is 8.80. The van der Waals surface area contributed by atoms with Crippen LogP contribution >= 0.6 is 0 Å². The van der Waals surface area contributed by atoms with E-state index in [0.29, 0.717) is 0 Å². The number of nitrogens with two attached hydrogens (primary N) is 1. The van der Waals surface area contributed by atoms with E-state index in [9.17, 15) is 0 Å². The molecule has 1 atom stereocenters. The summed E-state index contributed by atoms with van der Waals surface area (Å²) < 4.78 is 0. The number of benzene rings is 1. The third-order valence-corrected chi connectivity index (χ3v) is 2.42. The number of hydrogen-bond acceptors (Lipinski definition) is 1. The van der Waals surface area contributed by atoms with E-state index in [2.05, 4.69) is 32.0 Å². The molecule has 1 heteroatoms. The van der Waals surface area contributed by atoms with Gasteiger partial charge in [0.05, 0.1) is 0 Å². The first-order valence-corrected chi connectivity index (χ1v) is 5.05. The molecular formula is C12H19N. The molecule has 0 bridgehead atoms. The number of hydrogen-bond donors (Lipinski definition) is 1. The van der Waals surface area contributed by atoms with Gasteiger partial charge in [0.15, 0.2) is 0 Å². The quantitative estimate of drug-likeness (QED) is 0.755. The first-order valence-electron chi connectivity index (χ1n) is 5.05. The van der Waals surface area contributed by atoms with Gasteiger partial charge in [0.25, 0.3) is 0 Å². The van der Waals surface area contributed by atoms with Crippen molar-refractivity contribution in [2.24, 2.45) is 5.73 Å². The molecule has 2 N–H and O–H groups in total. The van der Waals surface area contributed by atoms with Crippen LogP contribution in [0.2, 0.25) is 0 Å². The van der Waals surface area contributed by atoms with Crippen LogP contribution in [0, 0.1) is 0 Å². The normalized spacial score (nSPS) is 12.9. The van der Waals surface area contributed by atoms with E-state index in [4.69, 9.17) is 5.73 Å². The van der Waals surface area contributed by atoms with E-state index in [1.165, 1.54) is 16.7 Å². The Morgan fingerprint density at radius 2 is 1.54 bits per heavy atom. The fourth-order valence-electron chi connectivity index (χ4n) is 1.46. The van der Waals surface area contributed by atoms with Gasteiger partial charge in [-0.25, -0.2) is 0 Å². The fourth-order valence-corrected chi connectivity index (χ4v) is 1.46. The molecule has 0 amide bonds. The highest BCUT2D eigenvalue weighted by molar-refractivity contribution is 5.31. The van der Waals surface area contributed by atoms with Crippen molar-refractivity contribution in [3.63, 3.8) is 0 Å². The molecule has 0 aliphatic rings. The minimum atomic E-state index is 0.150. The minimum Gasteiger partial charge on any atom is -0.324 e. The second kappa shape index (κ2) is 4.43. The molecule has 1 aromatic rings. The van der Waals surface area contributed by atoms with E-state index in [0.717, 1.165) is 12.8 Å². The summed E-state index contributed by atoms with van der Waals surface area (Å²) in [5.74, 6) is 0. The lowest BCUT2D eigenvalue weighted by molar-refractivity contribution is 0.812. The summed E-state index contributed by atoms with van der Waals surface area (Å²) in [6.45, 7) is 6.40. The van der Waals surface area contributed by atoms with Gasteiger partial charge in [0, 0.05) is 6.04 Å². The molecule has 1 nitrogen and oxygen atoms in total. The molecule has 0 heterocycles. The molecule has 0 saturated carbocycles. The van der Waals surface area contributed by atoms with Gasteiger partial charge in [-0.3, -0.25) is 0 Å². The average molecular weight is 177 g/mol. The summed E-state index contributed by atoms with van der Waals surface area (Å²) in [6, 6.07) is 6.84. The molecule has 0 aromatic heterocycles. The van der Waals surface area contributed by atoms with Crippen LogP contribution in [0.5, 0.6) is 0 Å². The topological polar surface area (TPSA) is 26.0 Å². The molecule has 0 radical (unpaired) electrons. The lowest BCUT2D eigenvalue weighted by Crippen LogP contribution is -2.06. The first kappa shape index (κ1) is 10.3. The molecule has 13 heavy (non-hydrogen) atoms. The van der Waals surface area contributed by atoms with Crippen LogP contribution in [0.15, 0.2) is 18.2 Å². The maximum atomic E-state index is 5.86. The Bertz CT molecular complexity index is 254. The van der Waals surface area contributed by atoms with Gasteiger partial charge in [-0.05, 0) is 36.5 Å². The van der Waals surface area contributed by atoms with Crippen LogP contribution in [0.3, 0.4) is 0 Å². The van der Waals surface area contributed by atoms with Gasteiger partial charge in [0.1, 0.15) is 0 Å². The Kier molecular flexibility index (Phi) is 3.49. The van der Waals surface area contributed by atoms with Gasteiger partial charge in [0.2, 0.25) is 0 Å². The average Bonchev–Trinajstić information content (AvgIpc) is 2.16. The van der Waals surface area contributed by atoms with Crippen molar-refractivity contribution in [2.45, 2.75) is 39.7 Å². The molecule has 0 spiro atoms. The summed E-state index contributed by atoms with van der Waals surface area (Å²) in [7, 11) is 0. The SMILES string of the molecule is CCc1cc(CC)cc([C@@H](C)N)c1. The predicted molar refractivity (Wildman–Crippen MR) is 57.8 cm³/mol. The monoisotopic (exact) mass is 177 g/mol. The summed E-state index contributed by atoms with van der Waals surface area (Å²) >= 11 is 0. The van der Waals surface area contributed by atoms with E-state index in [-0.39, 0.29) is 6.04 Å². The largest absolute Gasteiger partial charge is 0.324 e. The van der Waals surface area contributed by atoms with Crippen LogP contribution in [0.25, 0.3) is 0 Å². The van der Waals surface area contributed by atoms with E-state index >= 15 is 0 Å². The summed E-state index contributed by atoms with van der Waals surface area (Å²) in [5.41, 5.74) is 9.91. The second-order valence-electron chi connectivity index (χ2n) is 3.58. The molecule has 72 valence electrons. The van der Waals surface area contributed by atoms with Crippen molar-refractivity contribution in [1.29, 1.82) is 0 Å². The molecule has 0 aliphatic heterocycles. The Morgan fingerprint density at radius 1 is 1.08 bits per heavy atom.